The van der Waals surface area contributed by atoms with Crippen LogP contribution in [0.5, 0.6) is 0 Å². The van der Waals surface area contributed by atoms with E-state index in [4.69, 9.17) is 4.74 Å². The van der Waals surface area contributed by atoms with Gasteiger partial charge in [-0.3, -0.25) is 19.2 Å². The highest BCUT2D eigenvalue weighted by atomic mass is 16.6. The van der Waals surface area contributed by atoms with Gasteiger partial charge in [-0.25, -0.2) is 4.79 Å². The van der Waals surface area contributed by atoms with Crippen LogP contribution in [0.3, 0.4) is 0 Å². The van der Waals surface area contributed by atoms with E-state index in [1.807, 2.05) is 27.7 Å². The lowest BCUT2D eigenvalue weighted by atomic mass is 9.85. The van der Waals surface area contributed by atoms with Crippen LogP contribution in [0.4, 0.5) is 4.79 Å². The monoisotopic (exact) mass is 562 g/mol. The number of Topliss-reactive ketones (excluding diaryl/α,β-unsaturated/α-hetero) is 1. The van der Waals surface area contributed by atoms with Gasteiger partial charge in [0.05, 0.1) is 6.04 Å². The Morgan fingerprint density at radius 2 is 1.70 bits per heavy atom. The Balaban J connectivity index is 2.30. The molecule has 2 aliphatic rings. The predicted molar refractivity (Wildman–Crippen MR) is 153 cm³/mol. The van der Waals surface area contributed by atoms with E-state index in [9.17, 15) is 24.0 Å². The number of nitrogens with zero attached hydrogens (tertiary/aromatic N) is 1. The van der Waals surface area contributed by atoms with Crippen molar-refractivity contribution in [1.82, 2.24) is 20.9 Å². The number of ketones is 1. The first-order valence-corrected chi connectivity index (χ1v) is 14.4. The summed E-state index contributed by atoms with van der Waals surface area (Å²) in [6.07, 6.45) is 3.20. The van der Waals surface area contributed by atoms with E-state index in [2.05, 4.69) is 36.4 Å². The van der Waals surface area contributed by atoms with E-state index in [0.717, 1.165) is 6.42 Å². The molecule has 2 unspecified atom stereocenters. The molecule has 5 atom stereocenters. The van der Waals surface area contributed by atoms with Crippen LogP contribution in [0.15, 0.2) is 12.7 Å². The van der Waals surface area contributed by atoms with Crippen molar-refractivity contribution in [3.63, 3.8) is 0 Å². The molecule has 1 saturated heterocycles. The van der Waals surface area contributed by atoms with Gasteiger partial charge >= 0.3 is 6.09 Å². The molecule has 40 heavy (non-hydrogen) atoms. The molecule has 0 aromatic carbocycles. The standard InChI is InChI=1S/C30H50N4O6/c1-11-13-15-19(22(35)25(37)31-16-14-12-2)32-24(36)21-20-18(30(20,9)10)17-34(21)26(38)23(28(3,4)5)33-27(39)40-29(6,7)8/h12,18-21,23H,2,11,13-17H2,1,3-10H3,(H,31,37)(H,32,36)(H,33,39)/t18?,19?,20-,21-,23+/m0/s1. The molecular formula is C30H50N4O6. The van der Waals surface area contributed by atoms with Crippen molar-refractivity contribution in [2.75, 3.05) is 13.1 Å². The molecule has 0 aromatic rings. The Morgan fingerprint density at radius 3 is 2.23 bits per heavy atom. The van der Waals surface area contributed by atoms with Crippen molar-refractivity contribution in [3.05, 3.63) is 12.7 Å². The number of carbonyl (C=O) groups is 5. The predicted octanol–water partition coefficient (Wildman–Crippen LogP) is 3.35. The van der Waals surface area contributed by atoms with Crippen LogP contribution in [-0.4, -0.2) is 71.3 Å². The number of fused-ring (bicyclic) bond motifs is 1. The van der Waals surface area contributed by atoms with Gasteiger partial charge in [-0.1, -0.05) is 60.5 Å². The third-order valence-electron chi connectivity index (χ3n) is 7.87. The number of hydrogen-bond acceptors (Lipinski definition) is 6. The second kappa shape index (κ2) is 12.7. The molecule has 226 valence electrons. The minimum absolute atomic E-state index is 0.0954. The number of ether oxygens (including phenoxy) is 1. The Labute approximate surface area is 239 Å². The zero-order chi connectivity index (χ0) is 30.6. The van der Waals surface area contributed by atoms with Gasteiger partial charge in [0.15, 0.2) is 0 Å². The molecule has 0 radical (unpaired) electrons. The van der Waals surface area contributed by atoms with Crippen LogP contribution in [-0.2, 0) is 23.9 Å². The van der Waals surface area contributed by atoms with E-state index >= 15 is 0 Å². The zero-order valence-electron chi connectivity index (χ0n) is 25.8. The Morgan fingerprint density at radius 1 is 1.07 bits per heavy atom. The van der Waals surface area contributed by atoms with Crippen LogP contribution >= 0.6 is 0 Å². The van der Waals surface area contributed by atoms with Gasteiger partial charge in [0.1, 0.15) is 17.7 Å². The fraction of sp³-hybridized carbons (Fsp3) is 0.767. The molecule has 1 heterocycles. The van der Waals surface area contributed by atoms with Gasteiger partial charge in [0.2, 0.25) is 17.6 Å². The summed E-state index contributed by atoms with van der Waals surface area (Å²) in [5.41, 5.74) is -1.56. The van der Waals surface area contributed by atoms with Crippen LogP contribution < -0.4 is 16.0 Å². The summed E-state index contributed by atoms with van der Waals surface area (Å²) in [6.45, 7) is 21.1. The van der Waals surface area contributed by atoms with Crippen molar-refractivity contribution >= 4 is 29.6 Å². The summed E-state index contributed by atoms with van der Waals surface area (Å²) < 4.78 is 5.41. The molecule has 1 saturated carbocycles. The summed E-state index contributed by atoms with van der Waals surface area (Å²) in [5.74, 6) is -2.26. The molecule has 3 N–H and O–H groups in total. The average molecular weight is 563 g/mol. The first-order chi connectivity index (χ1) is 18.4. The number of alkyl carbamates (subject to hydrolysis) is 1. The molecule has 4 amide bonds. The third kappa shape index (κ3) is 8.07. The Hall–Kier alpha value is -2.91. The number of nitrogens with one attached hydrogen (secondary N) is 3. The smallest absolute Gasteiger partial charge is 0.408 e. The molecule has 1 aliphatic heterocycles. The molecule has 0 aromatic heterocycles. The van der Waals surface area contributed by atoms with Gasteiger partial charge in [0.25, 0.3) is 5.91 Å². The molecular weight excluding hydrogens is 512 g/mol. The van der Waals surface area contributed by atoms with E-state index in [1.54, 1.807) is 26.8 Å². The topological polar surface area (TPSA) is 134 Å². The zero-order valence-corrected chi connectivity index (χ0v) is 25.8. The van der Waals surface area contributed by atoms with Crippen LogP contribution in [0.25, 0.3) is 0 Å². The summed E-state index contributed by atoms with van der Waals surface area (Å²) in [5, 5.41) is 8.13. The molecule has 1 aliphatic carbocycles. The highest BCUT2D eigenvalue weighted by Gasteiger charge is 2.70. The number of hydrogen-bond donors (Lipinski definition) is 3. The number of likely N-dealkylation sites (tertiary alicyclic amines) is 1. The molecule has 0 bridgehead atoms. The average Bonchev–Trinajstić information content (AvgIpc) is 3.15. The fourth-order valence-electron chi connectivity index (χ4n) is 5.52. The van der Waals surface area contributed by atoms with Crippen LogP contribution in [0, 0.1) is 22.7 Å². The lowest BCUT2D eigenvalue weighted by Crippen LogP contribution is -2.60. The SMILES string of the molecule is C=CCCNC(=O)C(=O)C(CCCC)NC(=O)[C@@H]1[C@@H]2C(CN1C(=O)[C@@H](NC(=O)OC(C)(C)C)C(C)(C)C)C2(C)C. The second-order valence-electron chi connectivity index (χ2n) is 13.7. The number of unbranched alkanes of at least 4 members (excludes halogenated alkanes) is 1. The molecule has 2 rings (SSSR count). The maximum Gasteiger partial charge on any atom is 0.408 e. The van der Waals surface area contributed by atoms with E-state index in [1.165, 1.54) is 4.90 Å². The van der Waals surface area contributed by atoms with Gasteiger partial charge in [-0.15, -0.1) is 6.58 Å². The maximum absolute atomic E-state index is 14.0. The van der Waals surface area contributed by atoms with Crippen molar-refractivity contribution in [1.29, 1.82) is 0 Å². The summed E-state index contributed by atoms with van der Waals surface area (Å²) in [4.78, 5) is 67.5. The van der Waals surface area contributed by atoms with Gasteiger partial charge in [-0.05, 0) is 56.3 Å². The van der Waals surface area contributed by atoms with Crippen molar-refractivity contribution in [3.8, 4) is 0 Å². The van der Waals surface area contributed by atoms with E-state index in [0.29, 0.717) is 25.8 Å². The number of rotatable bonds is 12. The summed E-state index contributed by atoms with van der Waals surface area (Å²) >= 11 is 0. The van der Waals surface area contributed by atoms with Crippen molar-refractivity contribution < 1.29 is 28.7 Å². The third-order valence-corrected chi connectivity index (χ3v) is 7.87. The molecule has 10 heteroatoms. The van der Waals surface area contributed by atoms with E-state index < -0.39 is 52.8 Å². The highest BCUT2D eigenvalue weighted by molar-refractivity contribution is 6.38. The number of piperidine rings is 1. The summed E-state index contributed by atoms with van der Waals surface area (Å²) in [7, 11) is 0. The van der Waals surface area contributed by atoms with Crippen molar-refractivity contribution in [2.24, 2.45) is 22.7 Å². The molecule has 10 nitrogen and oxygen atoms in total. The van der Waals surface area contributed by atoms with Gasteiger partial charge in [0, 0.05) is 13.1 Å². The fourth-order valence-corrected chi connectivity index (χ4v) is 5.52. The quantitative estimate of drug-likeness (QED) is 0.190. The second-order valence-corrected chi connectivity index (χ2v) is 13.7. The first-order valence-electron chi connectivity index (χ1n) is 14.4. The lowest BCUT2D eigenvalue weighted by Gasteiger charge is -2.38. The Kier molecular flexibility index (Phi) is 10.6. The summed E-state index contributed by atoms with van der Waals surface area (Å²) in [6, 6.07) is -2.75. The lowest BCUT2D eigenvalue weighted by molar-refractivity contribution is -0.145. The van der Waals surface area contributed by atoms with Gasteiger partial charge < -0.3 is 25.6 Å². The van der Waals surface area contributed by atoms with Crippen molar-refractivity contribution in [2.45, 2.75) is 112 Å². The molecule has 2 fully saturated rings. The minimum Gasteiger partial charge on any atom is -0.444 e. The number of carbonyl (C=O) groups excluding carboxylic acids is 5. The van der Waals surface area contributed by atoms with E-state index in [-0.39, 0.29) is 29.7 Å². The normalized spacial score (nSPS) is 22.8. The Bertz CT molecular complexity index is 993. The van der Waals surface area contributed by atoms with Crippen LogP contribution in [0.2, 0.25) is 0 Å². The minimum atomic E-state index is -0.993. The van der Waals surface area contributed by atoms with Gasteiger partial charge in [-0.2, -0.15) is 0 Å². The maximum atomic E-state index is 14.0. The first kappa shape index (κ1) is 33.3. The molecule has 0 spiro atoms. The largest absolute Gasteiger partial charge is 0.444 e. The van der Waals surface area contributed by atoms with Crippen LogP contribution in [0.1, 0.15) is 88.0 Å². The number of amides is 4. The highest BCUT2D eigenvalue weighted by Crippen LogP contribution is 2.65.